The van der Waals surface area contributed by atoms with Gasteiger partial charge >= 0.3 is 0 Å². The molecule has 0 spiro atoms. The summed E-state index contributed by atoms with van der Waals surface area (Å²) in [7, 11) is -3.80. The van der Waals surface area contributed by atoms with Gasteiger partial charge in [0.15, 0.2) is 5.03 Å². The highest BCUT2D eigenvalue weighted by Crippen LogP contribution is 2.31. The quantitative estimate of drug-likeness (QED) is 0.401. The van der Waals surface area contributed by atoms with Crippen LogP contribution in [0.25, 0.3) is 10.9 Å². The average Bonchev–Trinajstić information content (AvgIpc) is 3.24. The molecule has 4 aromatic rings. The van der Waals surface area contributed by atoms with Gasteiger partial charge < -0.3 is 14.6 Å². The lowest BCUT2D eigenvalue weighted by atomic mass is 10.1. The summed E-state index contributed by atoms with van der Waals surface area (Å²) in [6, 6.07) is 19.8. The summed E-state index contributed by atoms with van der Waals surface area (Å²) in [6.45, 7) is 1.65. The normalized spacial score (nSPS) is 15.0. The molecule has 0 atom stereocenters. The number of halogens is 1. The molecule has 0 amide bonds. The summed E-state index contributed by atoms with van der Waals surface area (Å²) in [5, 5.41) is 1.80. The fourth-order valence-corrected chi connectivity index (χ4v) is 5.20. The van der Waals surface area contributed by atoms with Crippen molar-refractivity contribution < 1.29 is 13.2 Å². The van der Waals surface area contributed by atoms with E-state index in [2.05, 4.69) is 25.7 Å². The third kappa shape index (κ3) is 4.77. The van der Waals surface area contributed by atoms with E-state index >= 15 is 0 Å². The molecule has 170 valence electrons. The summed E-state index contributed by atoms with van der Waals surface area (Å²) in [4.78, 5) is 9.68. The second-order valence-corrected chi connectivity index (χ2v) is 10.0. The fourth-order valence-electron chi connectivity index (χ4n) is 4.01. The number of anilines is 2. The zero-order chi connectivity index (χ0) is 22.8. The summed E-state index contributed by atoms with van der Waals surface area (Å²) in [5.74, 6) is 1.57. The Hall–Kier alpha value is -3.23. The van der Waals surface area contributed by atoms with Gasteiger partial charge in [-0.2, -0.15) is 8.42 Å². The highest BCUT2D eigenvalue weighted by Gasteiger charge is 2.24. The molecule has 0 saturated carbocycles. The Labute approximate surface area is 197 Å². The molecule has 0 bridgehead atoms. The molecular weight excluding hydrogens is 460 g/mol. The van der Waals surface area contributed by atoms with Crippen LogP contribution >= 0.6 is 11.6 Å². The van der Waals surface area contributed by atoms with Crippen molar-refractivity contribution in [1.29, 1.82) is 0 Å². The molecule has 1 saturated heterocycles. The molecule has 5 rings (SSSR count). The topological polar surface area (TPSA) is 87.3 Å². The van der Waals surface area contributed by atoms with Crippen LogP contribution in [0.3, 0.4) is 0 Å². The lowest BCUT2D eigenvalue weighted by Crippen LogP contribution is -2.38. The van der Waals surface area contributed by atoms with Crippen LogP contribution in [0, 0.1) is 0 Å². The minimum absolute atomic E-state index is 0.0134. The van der Waals surface area contributed by atoms with Gasteiger partial charge in [0, 0.05) is 48.1 Å². The third-order valence-electron chi connectivity index (χ3n) is 5.69. The molecule has 0 radical (unpaired) electrons. The number of hydrogen-bond donors (Lipinski definition) is 2. The molecular formula is C24H23ClN4O3S. The molecule has 1 fully saturated rings. The number of rotatable bonds is 6. The lowest BCUT2D eigenvalue weighted by Gasteiger charge is -2.33. The van der Waals surface area contributed by atoms with Crippen LogP contribution in [0.1, 0.15) is 12.8 Å². The second kappa shape index (κ2) is 8.96. The molecule has 2 N–H and O–H groups in total. The Morgan fingerprint density at radius 2 is 1.82 bits per heavy atom. The number of benzene rings is 2. The van der Waals surface area contributed by atoms with Crippen molar-refractivity contribution in [2.75, 3.05) is 22.7 Å². The van der Waals surface area contributed by atoms with Crippen molar-refractivity contribution in [2.45, 2.75) is 24.0 Å². The molecule has 33 heavy (non-hydrogen) atoms. The van der Waals surface area contributed by atoms with Gasteiger partial charge in [-0.15, -0.1) is 0 Å². The number of ether oxygens (including phenoxy) is 1. The van der Waals surface area contributed by atoms with Crippen molar-refractivity contribution >= 4 is 44.0 Å². The predicted octanol–water partition coefficient (Wildman–Crippen LogP) is 5.06. The number of H-pyrrole nitrogens is 1. The average molecular weight is 483 g/mol. The standard InChI is InChI=1S/C24H23ClN4O3S/c25-18-9-8-17-15-23(27-21(17)16-18)29-13-10-19(11-14-29)32-22-6-2-1-5-20(22)28-33(30,31)24-7-3-4-12-26-24/h1-9,12,15-16,19,27-28H,10-11,13-14H2. The van der Waals surface area contributed by atoms with Gasteiger partial charge in [0.2, 0.25) is 0 Å². The fraction of sp³-hybridized carbons (Fsp3) is 0.208. The summed E-state index contributed by atoms with van der Waals surface area (Å²) < 4.78 is 34.2. The maximum atomic E-state index is 12.7. The van der Waals surface area contributed by atoms with Crippen molar-refractivity contribution in [3.63, 3.8) is 0 Å². The van der Waals surface area contributed by atoms with Crippen LogP contribution in [0.2, 0.25) is 5.02 Å². The SMILES string of the molecule is O=S(=O)(Nc1ccccc1OC1CCN(c2cc3ccc(Cl)cc3[nH]2)CC1)c1ccccn1. The summed E-state index contributed by atoms with van der Waals surface area (Å²) >= 11 is 6.10. The number of piperidine rings is 1. The van der Waals surface area contributed by atoms with Gasteiger partial charge in [-0.3, -0.25) is 4.72 Å². The molecule has 2 aromatic carbocycles. The zero-order valence-electron chi connectivity index (χ0n) is 17.7. The van der Waals surface area contributed by atoms with E-state index in [0.29, 0.717) is 16.5 Å². The third-order valence-corrected chi connectivity index (χ3v) is 7.21. The number of nitrogens with one attached hydrogen (secondary N) is 2. The number of nitrogens with zero attached hydrogens (tertiary/aromatic N) is 2. The van der Waals surface area contributed by atoms with E-state index in [1.807, 2.05) is 24.3 Å². The van der Waals surface area contributed by atoms with Crippen LogP contribution in [0.15, 0.2) is 78.0 Å². The monoisotopic (exact) mass is 482 g/mol. The Bertz CT molecular complexity index is 1370. The molecule has 9 heteroatoms. The predicted molar refractivity (Wildman–Crippen MR) is 131 cm³/mol. The Morgan fingerprint density at radius 1 is 1.03 bits per heavy atom. The zero-order valence-corrected chi connectivity index (χ0v) is 19.3. The first kappa shape index (κ1) is 21.6. The molecule has 1 aliphatic rings. The molecule has 3 heterocycles. The van der Waals surface area contributed by atoms with E-state index in [-0.39, 0.29) is 11.1 Å². The molecule has 0 aliphatic carbocycles. The highest BCUT2D eigenvalue weighted by molar-refractivity contribution is 7.92. The van der Waals surface area contributed by atoms with E-state index in [9.17, 15) is 8.42 Å². The maximum absolute atomic E-state index is 12.7. The number of aromatic nitrogens is 2. The van der Waals surface area contributed by atoms with Gasteiger partial charge in [0.1, 0.15) is 17.7 Å². The van der Waals surface area contributed by atoms with Gasteiger partial charge in [0.05, 0.1) is 5.69 Å². The number of fused-ring (bicyclic) bond motifs is 1. The first-order valence-corrected chi connectivity index (χ1v) is 12.6. The number of sulfonamides is 1. The molecule has 2 aromatic heterocycles. The molecule has 1 aliphatic heterocycles. The first-order chi connectivity index (χ1) is 16.0. The van der Waals surface area contributed by atoms with E-state index in [1.165, 1.54) is 12.3 Å². The van der Waals surface area contributed by atoms with Crippen LogP contribution < -0.4 is 14.4 Å². The van der Waals surface area contributed by atoms with Crippen molar-refractivity contribution in [1.82, 2.24) is 9.97 Å². The van der Waals surface area contributed by atoms with E-state index in [0.717, 1.165) is 42.7 Å². The second-order valence-electron chi connectivity index (χ2n) is 7.96. The molecule has 7 nitrogen and oxygen atoms in total. The summed E-state index contributed by atoms with van der Waals surface area (Å²) in [5.41, 5.74) is 1.42. The Balaban J connectivity index is 1.25. The van der Waals surface area contributed by atoms with E-state index in [4.69, 9.17) is 16.3 Å². The van der Waals surface area contributed by atoms with Crippen LogP contribution in [-0.2, 0) is 10.0 Å². The number of aromatic amines is 1. The van der Waals surface area contributed by atoms with Gasteiger partial charge in [-0.05, 0) is 42.5 Å². The minimum Gasteiger partial charge on any atom is -0.488 e. The number of pyridine rings is 1. The first-order valence-electron chi connectivity index (χ1n) is 10.7. The maximum Gasteiger partial charge on any atom is 0.279 e. The number of para-hydroxylation sites is 2. The Morgan fingerprint density at radius 3 is 2.61 bits per heavy atom. The van der Waals surface area contributed by atoms with Crippen molar-refractivity contribution in [3.8, 4) is 5.75 Å². The van der Waals surface area contributed by atoms with Gasteiger partial charge in [-0.1, -0.05) is 35.9 Å². The molecule has 0 unspecified atom stereocenters. The van der Waals surface area contributed by atoms with E-state index in [1.54, 1.807) is 30.3 Å². The highest BCUT2D eigenvalue weighted by atomic mass is 35.5. The van der Waals surface area contributed by atoms with E-state index < -0.39 is 10.0 Å². The lowest BCUT2D eigenvalue weighted by molar-refractivity contribution is 0.172. The van der Waals surface area contributed by atoms with Crippen molar-refractivity contribution in [3.05, 3.63) is 77.9 Å². The summed E-state index contributed by atoms with van der Waals surface area (Å²) in [6.07, 6.45) is 3.07. The number of hydrogen-bond acceptors (Lipinski definition) is 5. The minimum atomic E-state index is -3.80. The Kier molecular flexibility index (Phi) is 5.86. The van der Waals surface area contributed by atoms with Crippen molar-refractivity contribution in [2.24, 2.45) is 0 Å². The van der Waals surface area contributed by atoms with Crippen LogP contribution in [0.4, 0.5) is 11.5 Å². The van der Waals surface area contributed by atoms with Crippen LogP contribution in [0.5, 0.6) is 5.75 Å². The largest absolute Gasteiger partial charge is 0.488 e. The van der Waals surface area contributed by atoms with Crippen LogP contribution in [-0.4, -0.2) is 37.6 Å². The smallest absolute Gasteiger partial charge is 0.279 e. The van der Waals surface area contributed by atoms with Gasteiger partial charge in [-0.25, -0.2) is 4.98 Å². The van der Waals surface area contributed by atoms with Gasteiger partial charge in [0.25, 0.3) is 10.0 Å².